The fraction of sp³-hybridized carbons (Fsp3) is 0.357. The predicted molar refractivity (Wildman–Crippen MR) is 71.7 cm³/mol. The van der Waals surface area contributed by atoms with E-state index < -0.39 is 0 Å². The topological polar surface area (TPSA) is 54.1 Å². The van der Waals surface area contributed by atoms with Crippen LogP contribution >= 0.6 is 0 Å². The van der Waals surface area contributed by atoms with Crippen LogP contribution in [0.25, 0.3) is 10.9 Å². The van der Waals surface area contributed by atoms with Gasteiger partial charge in [0.15, 0.2) is 0 Å². The summed E-state index contributed by atoms with van der Waals surface area (Å²) in [6.45, 7) is 4.41. The van der Waals surface area contributed by atoms with E-state index in [-0.39, 0.29) is 5.91 Å². The molecule has 0 saturated heterocycles. The van der Waals surface area contributed by atoms with Crippen LogP contribution in [0.15, 0.2) is 18.2 Å². The molecule has 1 heterocycles. The van der Waals surface area contributed by atoms with Gasteiger partial charge in [0, 0.05) is 29.6 Å². The molecule has 0 spiro atoms. The highest BCUT2D eigenvalue weighted by Crippen LogP contribution is 2.26. The number of benzene rings is 1. The number of hydrogen-bond acceptors (Lipinski definition) is 2. The molecule has 0 aliphatic carbocycles. The first-order valence-electron chi connectivity index (χ1n) is 6.07. The van der Waals surface area contributed by atoms with Gasteiger partial charge in [-0.05, 0) is 30.7 Å². The number of aryl methyl sites for hydroxylation is 1. The molecule has 0 radical (unpaired) electrons. The molecule has 0 bridgehead atoms. The lowest BCUT2D eigenvalue weighted by Crippen LogP contribution is -2.21. The minimum atomic E-state index is 0.0617. The van der Waals surface area contributed by atoms with Crippen LogP contribution in [0.5, 0.6) is 5.75 Å². The molecule has 2 rings (SSSR count). The number of aromatic nitrogens is 1. The van der Waals surface area contributed by atoms with Crippen LogP contribution < -0.4 is 10.1 Å². The summed E-state index contributed by atoms with van der Waals surface area (Å²) in [7, 11) is 1.65. The number of nitrogens with one attached hydrogen (secondary N) is 2. The Morgan fingerprint density at radius 2 is 2.22 bits per heavy atom. The lowest BCUT2D eigenvalue weighted by atomic mass is 10.1. The van der Waals surface area contributed by atoms with Gasteiger partial charge in [-0.15, -0.1) is 0 Å². The third-order valence-electron chi connectivity index (χ3n) is 3.11. The smallest absolute Gasteiger partial charge is 0.219 e. The molecule has 0 saturated carbocycles. The molecule has 1 amide bonds. The van der Waals surface area contributed by atoms with Crippen molar-refractivity contribution in [3.63, 3.8) is 0 Å². The Hall–Kier alpha value is -1.97. The van der Waals surface area contributed by atoms with Crippen LogP contribution in [0.1, 0.15) is 24.6 Å². The van der Waals surface area contributed by atoms with Crippen molar-refractivity contribution in [3.8, 4) is 5.75 Å². The first-order chi connectivity index (χ1) is 8.65. The number of fused-ring (bicyclic) bond motifs is 1. The van der Waals surface area contributed by atoms with Crippen LogP contribution in [0, 0.1) is 6.92 Å². The monoisotopic (exact) mass is 246 g/mol. The zero-order valence-corrected chi connectivity index (χ0v) is 11.0. The van der Waals surface area contributed by atoms with Gasteiger partial charge in [-0.1, -0.05) is 6.92 Å². The van der Waals surface area contributed by atoms with E-state index in [2.05, 4.69) is 10.3 Å². The summed E-state index contributed by atoms with van der Waals surface area (Å²) in [5.74, 6) is 0.885. The van der Waals surface area contributed by atoms with Crippen molar-refractivity contribution in [2.24, 2.45) is 0 Å². The van der Waals surface area contributed by atoms with Crippen LogP contribution in [0.2, 0.25) is 0 Å². The molecule has 0 aliphatic heterocycles. The molecule has 18 heavy (non-hydrogen) atoms. The number of carbonyl (C=O) groups is 1. The van der Waals surface area contributed by atoms with Gasteiger partial charge in [0.05, 0.1) is 7.11 Å². The maximum Gasteiger partial charge on any atom is 0.219 e. The summed E-state index contributed by atoms with van der Waals surface area (Å²) in [4.78, 5) is 14.6. The number of H-pyrrole nitrogens is 1. The summed E-state index contributed by atoms with van der Waals surface area (Å²) in [6.07, 6.45) is 0.505. The molecule has 1 aromatic carbocycles. The van der Waals surface area contributed by atoms with Gasteiger partial charge in [0.25, 0.3) is 0 Å². The Kier molecular flexibility index (Phi) is 3.55. The maximum absolute atomic E-state index is 11.3. The van der Waals surface area contributed by atoms with E-state index in [1.54, 1.807) is 7.11 Å². The molecule has 1 aromatic heterocycles. The Labute approximate surface area is 106 Å². The van der Waals surface area contributed by atoms with Gasteiger partial charge in [-0.25, -0.2) is 0 Å². The zero-order valence-electron chi connectivity index (χ0n) is 11.0. The van der Waals surface area contributed by atoms with Gasteiger partial charge in [0.2, 0.25) is 5.91 Å². The average molecular weight is 246 g/mol. The molecular weight excluding hydrogens is 228 g/mol. The van der Waals surface area contributed by atoms with Crippen molar-refractivity contribution in [1.82, 2.24) is 10.3 Å². The maximum atomic E-state index is 11.3. The molecule has 0 unspecified atom stereocenters. The summed E-state index contributed by atoms with van der Waals surface area (Å²) >= 11 is 0. The van der Waals surface area contributed by atoms with E-state index in [1.165, 1.54) is 0 Å². The second kappa shape index (κ2) is 5.12. The minimum Gasteiger partial charge on any atom is -0.497 e. The van der Waals surface area contributed by atoms with Crippen molar-refractivity contribution in [2.75, 3.05) is 7.11 Å². The summed E-state index contributed by atoms with van der Waals surface area (Å²) in [5.41, 5.74) is 3.26. The van der Waals surface area contributed by atoms with E-state index in [4.69, 9.17) is 4.74 Å². The van der Waals surface area contributed by atoms with Crippen molar-refractivity contribution < 1.29 is 9.53 Å². The van der Waals surface area contributed by atoms with Gasteiger partial charge in [-0.3, -0.25) is 4.79 Å². The van der Waals surface area contributed by atoms with Crippen LogP contribution in [-0.2, 0) is 11.3 Å². The number of amides is 1. The van der Waals surface area contributed by atoms with Crippen LogP contribution in [-0.4, -0.2) is 18.0 Å². The summed E-state index contributed by atoms with van der Waals surface area (Å²) in [6, 6.07) is 5.91. The predicted octanol–water partition coefficient (Wildman–Crippen LogP) is 2.51. The largest absolute Gasteiger partial charge is 0.497 e. The van der Waals surface area contributed by atoms with Crippen molar-refractivity contribution in [1.29, 1.82) is 0 Å². The van der Waals surface area contributed by atoms with Crippen LogP contribution in [0.4, 0.5) is 0 Å². The number of methoxy groups -OCH3 is 1. The first kappa shape index (κ1) is 12.5. The van der Waals surface area contributed by atoms with Gasteiger partial charge < -0.3 is 15.0 Å². The molecule has 4 heteroatoms. The minimum absolute atomic E-state index is 0.0617. The summed E-state index contributed by atoms with van der Waals surface area (Å²) in [5, 5.41) is 4.01. The first-order valence-corrected chi connectivity index (χ1v) is 6.07. The highest BCUT2D eigenvalue weighted by molar-refractivity contribution is 5.86. The number of hydrogen-bond donors (Lipinski definition) is 2. The van der Waals surface area contributed by atoms with Crippen molar-refractivity contribution in [3.05, 3.63) is 29.5 Å². The third kappa shape index (κ3) is 2.32. The van der Waals surface area contributed by atoms with E-state index in [0.29, 0.717) is 13.0 Å². The Balaban J connectivity index is 2.35. The normalized spacial score (nSPS) is 10.6. The number of rotatable bonds is 4. The SMILES string of the molecule is CCC(=O)NCc1c(C)[nH]c2ccc(OC)cc12. The number of aromatic amines is 1. The standard InChI is InChI=1S/C14H18N2O2/c1-4-14(17)15-8-12-9(2)16-13-6-5-10(18-3)7-11(12)13/h5-7,16H,4,8H2,1-3H3,(H,15,17). The zero-order chi connectivity index (χ0) is 13.1. The van der Waals surface area contributed by atoms with Gasteiger partial charge in [-0.2, -0.15) is 0 Å². The summed E-state index contributed by atoms with van der Waals surface area (Å²) < 4.78 is 5.23. The average Bonchev–Trinajstić information content (AvgIpc) is 2.70. The molecule has 2 N–H and O–H groups in total. The Bertz CT molecular complexity index is 572. The van der Waals surface area contributed by atoms with Gasteiger partial charge >= 0.3 is 0 Å². The molecule has 4 nitrogen and oxygen atoms in total. The fourth-order valence-electron chi connectivity index (χ4n) is 2.03. The lowest BCUT2D eigenvalue weighted by Gasteiger charge is -2.05. The number of carbonyl (C=O) groups excluding carboxylic acids is 1. The molecule has 0 fully saturated rings. The van der Waals surface area contributed by atoms with Crippen molar-refractivity contribution >= 4 is 16.8 Å². The molecule has 0 atom stereocenters. The van der Waals surface area contributed by atoms with E-state index in [1.807, 2.05) is 32.0 Å². The molecular formula is C14H18N2O2. The highest BCUT2D eigenvalue weighted by atomic mass is 16.5. The fourth-order valence-corrected chi connectivity index (χ4v) is 2.03. The van der Waals surface area contributed by atoms with E-state index in [9.17, 15) is 4.79 Å². The second-order valence-corrected chi connectivity index (χ2v) is 4.27. The van der Waals surface area contributed by atoms with Gasteiger partial charge in [0.1, 0.15) is 5.75 Å². The van der Waals surface area contributed by atoms with Crippen LogP contribution in [0.3, 0.4) is 0 Å². The highest BCUT2D eigenvalue weighted by Gasteiger charge is 2.10. The Morgan fingerprint density at radius 3 is 2.89 bits per heavy atom. The van der Waals surface area contributed by atoms with E-state index >= 15 is 0 Å². The Morgan fingerprint density at radius 1 is 1.44 bits per heavy atom. The number of ether oxygens (including phenoxy) is 1. The lowest BCUT2D eigenvalue weighted by molar-refractivity contribution is -0.120. The third-order valence-corrected chi connectivity index (χ3v) is 3.11. The van der Waals surface area contributed by atoms with Crippen molar-refractivity contribution in [2.45, 2.75) is 26.8 Å². The second-order valence-electron chi connectivity index (χ2n) is 4.27. The van der Waals surface area contributed by atoms with E-state index in [0.717, 1.165) is 27.9 Å². The molecule has 2 aromatic rings. The molecule has 0 aliphatic rings. The molecule has 96 valence electrons. The quantitative estimate of drug-likeness (QED) is 0.871.